The summed E-state index contributed by atoms with van der Waals surface area (Å²) in [5.74, 6) is 0.679. The molecular weight excluding hydrogens is 254 g/mol. The molecule has 108 valence electrons. The van der Waals surface area contributed by atoms with Crippen LogP contribution >= 0.6 is 11.3 Å². The van der Waals surface area contributed by atoms with Gasteiger partial charge in [-0.05, 0) is 38.3 Å². The molecule has 2 unspecified atom stereocenters. The molecule has 2 rings (SSSR count). The van der Waals surface area contributed by atoms with Crippen LogP contribution in [0.3, 0.4) is 0 Å². The van der Waals surface area contributed by atoms with Crippen LogP contribution < -0.4 is 5.73 Å². The van der Waals surface area contributed by atoms with Gasteiger partial charge in [-0.3, -0.25) is 4.90 Å². The van der Waals surface area contributed by atoms with Crippen LogP contribution in [-0.2, 0) is 13.0 Å². The molecule has 0 bridgehead atoms. The van der Waals surface area contributed by atoms with Crippen molar-refractivity contribution in [3.8, 4) is 0 Å². The summed E-state index contributed by atoms with van der Waals surface area (Å²) < 4.78 is 0. The lowest BCUT2D eigenvalue weighted by molar-refractivity contribution is 0.104. The van der Waals surface area contributed by atoms with E-state index in [-0.39, 0.29) is 0 Å². The van der Waals surface area contributed by atoms with Crippen molar-refractivity contribution in [1.29, 1.82) is 0 Å². The van der Waals surface area contributed by atoms with E-state index in [1.54, 1.807) is 11.3 Å². The summed E-state index contributed by atoms with van der Waals surface area (Å²) >= 11 is 1.79. The predicted octanol–water partition coefficient (Wildman–Crippen LogP) is 3.04. The molecule has 1 fully saturated rings. The Hall–Kier alpha value is -0.450. The normalized spacial score (nSPS) is 24.0. The summed E-state index contributed by atoms with van der Waals surface area (Å²) in [6, 6.07) is 0.663. The fourth-order valence-corrected chi connectivity index (χ4v) is 3.94. The first-order valence-electron chi connectivity index (χ1n) is 7.65. The molecule has 3 nitrogen and oxygen atoms in total. The number of nitrogens with zero attached hydrogens (tertiary/aromatic N) is 2. The lowest BCUT2D eigenvalue weighted by Gasteiger charge is -2.39. The molecule has 1 saturated carbocycles. The summed E-state index contributed by atoms with van der Waals surface area (Å²) in [5, 5.41) is 3.48. The van der Waals surface area contributed by atoms with Crippen LogP contribution in [0.4, 0.5) is 0 Å². The van der Waals surface area contributed by atoms with Crippen molar-refractivity contribution in [2.24, 2.45) is 11.7 Å². The summed E-state index contributed by atoms with van der Waals surface area (Å²) in [5.41, 5.74) is 7.21. The highest BCUT2D eigenvalue weighted by molar-refractivity contribution is 7.09. The van der Waals surface area contributed by atoms with Gasteiger partial charge in [0.05, 0.1) is 10.7 Å². The van der Waals surface area contributed by atoms with E-state index in [1.165, 1.54) is 36.4 Å². The van der Waals surface area contributed by atoms with Crippen LogP contribution in [0.1, 0.15) is 50.2 Å². The second kappa shape index (κ2) is 7.36. The minimum absolute atomic E-state index is 0.663. The molecule has 19 heavy (non-hydrogen) atoms. The molecule has 0 spiro atoms. The quantitative estimate of drug-likeness (QED) is 0.871. The fourth-order valence-electron chi connectivity index (χ4n) is 3.20. The van der Waals surface area contributed by atoms with Crippen LogP contribution in [0.5, 0.6) is 0 Å². The maximum atomic E-state index is 5.96. The Morgan fingerprint density at radius 1 is 1.37 bits per heavy atom. The molecule has 0 amide bonds. The maximum Gasteiger partial charge on any atom is 0.0926 e. The van der Waals surface area contributed by atoms with Gasteiger partial charge in [0.2, 0.25) is 0 Å². The minimum Gasteiger partial charge on any atom is -0.330 e. The van der Waals surface area contributed by atoms with Crippen LogP contribution in [0.2, 0.25) is 0 Å². The van der Waals surface area contributed by atoms with E-state index in [0.717, 1.165) is 26.1 Å². The Balaban J connectivity index is 2.01. The zero-order valence-electron chi connectivity index (χ0n) is 12.3. The average molecular weight is 281 g/mol. The second-order valence-corrected chi connectivity index (χ2v) is 6.44. The van der Waals surface area contributed by atoms with Gasteiger partial charge < -0.3 is 5.73 Å². The van der Waals surface area contributed by atoms with Gasteiger partial charge in [-0.15, -0.1) is 11.3 Å². The van der Waals surface area contributed by atoms with Gasteiger partial charge in [-0.25, -0.2) is 4.98 Å². The van der Waals surface area contributed by atoms with Crippen LogP contribution in [0.25, 0.3) is 0 Å². The van der Waals surface area contributed by atoms with E-state index in [0.29, 0.717) is 12.0 Å². The van der Waals surface area contributed by atoms with Crippen molar-refractivity contribution in [1.82, 2.24) is 9.88 Å². The molecule has 0 aromatic carbocycles. The third-order valence-corrected chi connectivity index (χ3v) is 5.36. The number of nitrogens with two attached hydrogens (primary N) is 1. The van der Waals surface area contributed by atoms with Crippen LogP contribution in [-0.4, -0.2) is 29.0 Å². The number of thiazole rings is 1. The summed E-state index contributed by atoms with van der Waals surface area (Å²) in [7, 11) is 0. The Labute approximate surface area is 121 Å². The Morgan fingerprint density at radius 2 is 2.16 bits per heavy atom. The van der Waals surface area contributed by atoms with E-state index in [9.17, 15) is 0 Å². The molecule has 2 atom stereocenters. The highest BCUT2D eigenvalue weighted by Crippen LogP contribution is 2.29. The third-order valence-electron chi connectivity index (χ3n) is 4.31. The van der Waals surface area contributed by atoms with E-state index >= 15 is 0 Å². The monoisotopic (exact) mass is 281 g/mol. The van der Waals surface area contributed by atoms with E-state index in [1.807, 2.05) is 0 Å². The van der Waals surface area contributed by atoms with Crippen molar-refractivity contribution in [3.63, 3.8) is 0 Å². The van der Waals surface area contributed by atoms with Gasteiger partial charge >= 0.3 is 0 Å². The second-order valence-electron chi connectivity index (χ2n) is 5.50. The third kappa shape index (κ3) is 3.77. The molecule has 1 aliphatic rings. The van der Waals surface area contributed by atoms with Gasteiger partial charge in [0.25, 0.3) is 0 Å². The summed E-state index contributed by atoms with van der Waals surface area (Å²) in [6.45, 7) is 7.35. The lowest BCUT2D eigenvalue weighted by atomic mass is 9.83. The number of rotatable bonds is 6. The fraction of sp³-hybridized carbons (Fsp3) is 0.800. The lowest BCUT2D eigenvalue weighted by Crippen LogP contribution is -2.44. The molecule has 1 aromatic rings. The highest BCUT2D eigenvalue weighted by Gasteiger charge is 2.28. The van der Waals surface area contributed by atoms with Gasteiger partial charge in [-0.1, -0.05) is 26.7 Å². The van der Waals surface area contributed by atoms with Crippen molar-refractivity contribution in [3.05, 3.63) is 16.1 Å². The average Bonchev–Trinajstić information content (AvgIpc) is 2.92. The predicted molar refractivity (Wildman–Crippen MR) is 82.4 cm³/mol. The number of hydrogen-bond acceptors (Lipinski definition) is 4. The first-order valence-corrected chi connectivity index (χ1v) is 8.53. The molecule has 0 aliphatic heterocycles. The molecule has 0 saturated heterocycles. The molecule has 1 aliphatic carbocycles. The largest absolute Gasteiger partial charge is 0.330 e. The molecule has 1 heterocycles. The van der Waals surface area contributed by atoms with Gasteiger partial charge in [0, 0.05) is 18.0 Å². The summed E-state index contributed by atoms with van der Waals surface area (Å²) in [6.07, 6.45) is 6.36. The first-order chi connectivity index (χ1) is 9.28. The van der Waals surface area contributed by atoms with Crippen molar-refractivity contribution in [2.75, 3.05) is 13.1 Å². The van der Waals surface area contributed by atoms with Crippen molar-refractivity contribution < 1.29 is 0 Å². The highest BCUT2D eigenvalue weighted by atomic mass is 32.1. The molecule has 0 radical (unpaired) electrons. The molecule has 1 aromatic heterocycles. The Bertz CT molecular complexity index is 377. The molecule has 4 heteroatoms. The van der Waals surface area contributed by atoms with Gasteiger partial charge in [-0.2, -0.15) is 0 Å². The maximum absolute atomic E-state index is 5.96. The van der Waals surface area contributed by atoms with E-state index in [4.69, 9.17) is 10.7 Å². The minimum atomic E-state index is 0.663. The van der Waals surface area contributed by atoms with E-state index in [2.05, 4.69) is 24.1 Å². The van der Waals surface area contributed by atoms with Gasteiger partial charge in [0.15, 0.2) is 0 Å². The Morgan fingerprint density at radius 3 is 2.79 bits per heavy atom. The zero-order valence-corrected chi connectivity index (χ0v) is 13.1. The Kier molecular flexibility index (Phi) is 5.79. The SMILES string of the molecule is CCc1nc(CN(CC)C2CCCCC2CN)cs1. The van der Waals surface area contributed by atoms with Crippen molar-refractivity contribution >= 4 is 11.3 Å². The van der Waals surface area contributed by atoms with E-state index < -0.39 is 0 Å². The number of aromatic nitrogens is 1. The van der Waals surface area contributed by atoms with Crippen molar-refractivity contribution in [2.45, 2.75) is 58.5 Å². The number of aryl methyl sites for hydroxylation is 1. The molecular formula is C15H27N3S. The molecule has 2 N–H and O–H groups in total. The summed E-state index contributed by atoms with van der Waals surface area (Å²) in [4.78, 5) is 7.30. The van der Waals surface area contributed by atoms with Crippen LogP contribution in [0.15, 0.2) is 5.38 Å². The van der Waals surface area contributed by atoms with Gasteiger partial charge in [0.1, 0.15) is 0 Å². The van der Waals surface area contributed by atoms with Crippen LogP contribution in [0, 0.1) is 5.92 Å². The smallest absolute Gasteiger partial charge is 0.0926 e. The topological polar surface area (TPSA) is 42.2 Å². The standard InChI is InChI=1S/C15H27N3S/c1-3-15-17-13(11-19-15)10-18(4-2)14-8-6-5-7-12(14)9-16/h11-12,14H,3-10,16H2,1-2H3. The first kappa shape index (κ1) is 14.9. The zero-order chi connectivity index (χ0) is 13.7. The number of hydrogen-bond donors (Lipinski definition) is 1.